The van der Waals surface area contributed by atoms with Gasteiger partial charge in [0.25, 0.3) is 0 Å². The van der Waals surface area contributed by atoms with Crippen LogP contribution in [0.15, 0.2) is 0 Å². The molecule has 5 heteroatoms. The minimum atomic E-state index is -1.82. The Kier molecular flexibility index (Phi) is 5.04. The first-order valence-corrected chi connectivity index (χ1v) is 1.11. The minimum absolute atomic E-state index is 0. The number of hydrogen-bond acceptors (Lipinski definition) is 2. The molecule has 0 radical (unpaired) electrons. The molecule has 2 N–H and O–H groups in total. The second kappa shape index (κ2) is 3.64. The number of carboxylic acids is 2. The molecule has 0 heterocycles. The molecule has 0 fully saturated rings. The van der Waals surface area contributed by atoms with Crippen molar-refractivity contribution in [3.8, 4) is 0 Å². The van der Waals surface area contributed by atoms with Gasteiger partial charge in [0.1, 0.15) is 0 Å². The molecule has 0 saturated carbocycles. The third kappa shape index (κ3) is 5.46. The molecule has 0 aromatic heterocycles. The maximum Gasteiger partial charge on any atom is 0.414 e. The van der Waals surface area contributed by atoms with Crippen LogP contribution in [0.2, 0.25) is 0 Å². The summed E-state index contributed by atoms with van der Waals surface area (Å²) in [5.41, 5.74) is 0. The van der Waals surface area contributed by atoms with Crippen LogP contribution in [-0.2, 0) is 26.7 Å². The average molecular weight is 148 g/mol. The van der Waals surface area contributed by atoms with Gasteiger partial charge in [-0.2, -0.15) is 0 Å². The van der Waals surface area contributed by atoms with Gasteiger partial charge in [0.15, 0.2) is 0 Å². The third-order valence-electron chi connectivity index (χ3n) is 0.183. The van der Waals surface area contributed by atoms with Crippen LogP contribution < -0.4 is 0 Å². The standard InChI is InChI=1S/C2H2O4.Fe.2H/c3-1(4)2(5)6;;;/h(H,3,4)(H,5,6);;;/q;;2*-1. The Morgan fingerprint density at radius 3 is 1.29 bits per heavy atom. The zero-order valence-corrected chi connectivity index (χ0v) is 4.17. The number of carboxylic acid groups (broad SMARTS) is 2. The van der Waals surface area contributed by atoms with Crippen molar-refractivity contribution in [2.24, 2.45) is 0 Å². The maximum absolute atomic E-state index is 9.10. The van der Waals surface area contributed by atoms with E-state index < -0.39 is 11.9 Å². The van der Waals surface area contributed by atoms with Crippen LogP contribution in [0.5, 0.6) is 0 Å². The summed E-state index contributed by atoms with van der Waals surface area (Å²) < 4.78 is 0. The van der Waals surface area contributed by atoms with Gasteiger partial charge in [0, 0.05) is 17.1 Å². The summed E-state index contributed by atoms with van der Waals surface area (Å²) in [6.45, 7) is 0. The zero-order chi connectivity index (χ0) is 5.15. The summed E-state index contributed by atoms with van der Waals surface area (Å²) in [4.78, 5) is 18.2. The molecule has 0 spiro atoms. The predicted octanol–water partition coefficient (Wildman–Crippen LogP) is -0.622. The van der Waals surface area contributed by atoms with E-state index in [1.807, 2.05) is 0 Å². The van der Waals surface area contributed by atoms with Gasteiger partial charge in [-0.15, -0.1) is 0 Å². The van der Waals surface area contributed by atoms with Gasteiger partial charge in [-0.05, 0) is 0 Å². The van der Waals surface area contributed by atoms with Crippen LogP contribution in [0.25, 0.3) is 0 Å². The monoisotopic (exact) mass is 148 g/mol. The second-order valence-corrected chi connectivity index (χ2v) is 0.610. The Hall–Kier alpha value is -0.541. The van der Waals surface area contributed by atoms with E-state index in [1.54, 1.807) is 0 Å². The first kappa shape index (κ1) is 9.68. The summed E-state index contributed by atoms with van der Waals surface area (Å²) in [6, 6.07) is 0. The van der Waals surface area contributed by atoms with Gasteiger partial charge in [-0.1, -0.05) is 0 Å². The fourth-order valence-electron chi connectivity index (χ4n) is 0. The van der Waals surface area contributed by atoms with E-state index in [-0.39, 0.29) is 19.9 Å². The largest absolute Gasteiger partial charge is 1.00 e. The molecular weight excluding hydrogens is 144 g/mol. The average Bonchev–Trinajstić information content (AvgIpc) is 1.36. The maximum atomic E-state index is 9.10. The molecule has 0 bridgehead atoms. The van der Waals surface area contributed by atoms with Gasteiger partial charge in [-0.3, -0.25) is 0 Å². The summed E-state index contributed by atoms with van der Waals surface area (Å²) in [5.74, 6) is -3.65. The van der Waals surface area contributed by atoms with E-state index in [9.17, 15) is 0 Å². The zero-order valence-electron chi connectivity index (χ0n) is 5.06. The molecule has 46 valence electrons. The number of aliphatic carboxylic acids is 2. The van der Waals surface area contributed by atoms with Crippen molar-refractivity contribution >= 4 is 11.9 Å². The first-order chi connectivity index (χ1) is 2.64. The molecule has 0 saturated heterocycles. The van der Waals surface area contributed by atoms with E-state index in [2.05, 4.69) is 0 Å². The van der Waals surface area contributed by atoms with E-state index in [0.717, 1.165) is 0 Å². The second-order valence-electron chi connectivity index (χ2n) is 0.610. The van der Waals surface area contributed by atoms with E-state index >= 15 is 0 Å². The third-order valence-corrected chi connectivity index (χ3v) is 0.183. The quantitative estimate of drug-likeness (QED) is 0.354. The van der Waals surface area contributed by atoms with Crippen molar-refractivity contribution in [3.63, 3.8) is 0 Å². The Balaban J connectivity index is -0.0000000417. The molecular formula is C2H4FeO4-2. The van der Waals surface area contributed by atoms with Gasteiger partial charge in [0.05, 0.1) is 0 Å². The van der Waals surface area contributed by atoms with Gasteiger partial charge in [0.2, 0.25) is 0 Å². The molecule has 7 heavy (non-hydrogen) atoms. The molecule has 0 aliphatic heterocycles. The smallest absolute Gasteiger partial charge is 0.414 e. The van der Waals surface area contributed by atoms with Crippen molar-refractivity contribution in [2.75, 3.05) is 0 Å². The van der Waals surface area contributed by atoms with Crippen LogP contribution in [-0.4, -0.2) is 22.2 Å². The molecule has 0 amide bonds. The molecule has 0 aliphatic rings. The number of rotatable bonds is 0. The summed E-state index contributed by atoms with van der Waals surface area (Å²) in [6.07, 6.45) is 0. The van der Waals surface area contributed by atoms with E-state index in [0.29, 0.717) is 0 Å². The van der Waals surface area contributed by atoms with Crippen molar-refractivity contribution in [3.05, 3.63) is 0 Å². The van der Waals surface area contributed by atoms with Crippen molar-refractivity contribution in [2.45, 2.75) is 0 Å². The van der Waals surface area contributed by atoms with E-state index in [4.69, 9.17) is 19.8 Å². The molecule has 0 atom stereocenters. The Morgan fingerprint density at radius 2 is 1.29 bits per heavy atom. The van der Waals surface area contributed by atoms with Crippen LogP contribution in [0.4, 0.5) is 0 Å². The van der Waals surface area contributed by atoms with Crippen LogP contribution >= 0.6 is 0 Å². The Bertz CT molecular complexity index is 82.6. The molecule has 4 nitrogen and oxygen atoms in total. The molecule has 0 aliphatic carbocycles. The number of carbonyl (C=O) groups is 2. The minimum Gasteiger partial charge on any atom is -1.00 e. The van der Waals surface area contributed by atoms with Gasteiger partial charge < -0.3 is 13.1 Å². The molecule has 0 aromatic rings. The van der Waals surface area contributed by atoms with Crippen LogP contribution in [0, 0.1) is 0 Å². The fourth-order valence-corrected chi connectivity index (χ4v) is 0. The Labute approximate surface area is 52.6 Å². The van der Waals surface area contributed by atoms with Crippen LogP contribution in [0.1, 0.15) is 2.85 Å². The Morgan fingerprint density at radius 1 is 1.14 bits per heavy atom. The van der Waals surface area contributed by atoms with Gasteiger partial charge in [-0.25, -0.2) is 9.59 Å². The van der Waals surface area contributed by atoms with Crippen molar-refractivity contribution in [1.82, 2.24) is 0 Å². The summed E-state index contributed by atoms with van der Waals surface area (Å²) in [5, 5.41) is 14.8. The predicted molar refractivity (Wildman–Crippen MR) is 17.5 cm³/mol. The topological polar surface area (TPSA) is 74.6 Å². The molecule has 0 rings (SSSR count). The first-order valence-electron chi connectivity index (χ1n) is 1.11. The molecule has 0 unspecified atom stereocenters. The van der Waals surface area contributed by atoms with Crippen molar-refractivity contribution < 1.29 is 39.7 Å². The summed E-state index contributed by atoms with van der Waals surface area (Å²) >= 11 is 0. The van der Waals surface area contributed by atoms with Gasteiger partial charge >= 0.3 is 11.9 Å². The summed E-state index contributed by atoms with van der Waals surface area (Å²) in [7, 11) is 0. The SMILES string of the molecule is O=C(O)C(=O)O.[Fe].[H-].[H-]. The normalized spacial score (nSPS) is 6.29. The van der Waals surface area contributed by atoms with E-state index in [1.165, 1.54) is 0 Å². The molecule has 0 aromatic carbocycles. The number of hydrogen-bond donors (Lipinski definition) is 2. The fraction of sp³-hybridized carbons (Fsp3) is 0. The van der Waals surface area contributed by atoms with Crippen LogP contribution in [0.3, 0.4) is 0 Å². The van der Waals surface area contributed by atoms with Crippen molar-refractivity contribution in [1.29, 1.82) is 0 Å².